The topological polar surface area (TPSA) is 71.0 Å². The molecule has 1 saturated heterocycles. The second-order valence-corrected chi connectivity index (χ2v) is 9.58. The minimum atomic E-state index is -0.362. The molecule has 1 amide bonds. The van der Waals surface area contributed by atoms with Crippen LogP contribution in [0.2, 0.25) is 0 Å². The van der Waals surface area contributed by atoms with Gasteiger partial charge in [-0.3, -0.25) is 15.0 Å². The van der Waals surface area contributed by atoms with Gasteiger partial charge >= 0.3 is 5.97 Å². The predicted octanol–water partition coefficient (Wildman–Crippen LogP) is 4.73. The maximum Gasteiger partial charge on any atom is 0.308 e. The van der Waals surface area contributed by atoms with E-state index in [0.29, 0.717) is 16.6 Å². The van der Waals surface area contributed by atoms with Crippen molar-refractivity contribution in [1.29, 1.82) is 0 Å². The van der Waals surface area contributed by atoms with E-state index in [1.165, 1.54) is 29.8 Å². The number of thioether (sulfide) groups is 1. The van der Waals surface area contributed by atoms with Gasteiger partial charge < -0.3 is 4.74 Å². The summed E-state index contributed by atoms with van der Waals surface area (Å²) in [5.41, 5.74) is 6.27. The van der Waals surface area contributed by atoms with E-state index in [2.05, 4.69) is 50.5 Å². The molecule has 1 fully saturated rings. The fraction of sp³-hybridized carbons (Fsp3) is 0.320. The number of hydrogen-bond acceptors (Lipinski definition) is 6. The van der Waals surface area contributed by atoms with Crippen molar-refractivity contribution < 1.29 is 14.3 Å². The van der Waals surface area contributed by atoms with Crippen LogP contribution in [0.5, 0.6) is 5.75 Å². The summed E-state index contributed by atoms with van der Waals surface area (Å²) in [6.45, 7) is 7.90. The van der Waals surface area contributed by atoms with E-state index in [1.54, 1.807) is 17.1 Å². The SMILES string of the molecule is CC(=O)Oc1ccc(/C=C2/SC3N=C(C(C)c4ccc(CC(C)C)cc4)NN3C2=O)cc1. The summed E-state index contributed by atoms with van der Waals surface area (Å²) in [6.07, 6.45) is 2.90. The average Bonchev–Trinajstić information content (AvgIpc) is 3.28. The molecule has 0 aliphatic carbocycles. The number of esters is 1. The van der Waals surface area contributed by atoms with Crippen molar-refractivity contribution >= 4 is 35.6 Å². The number of carbonyl (C=O) groups is 2. The summed E-state index contributed by atoms with van der Waals surface area (Å²) in [6, 6.07) is 15.7. The summed E-state index contributed by atoms with van der Waals surface area (Å²) in [7, 11) is 0. The van der Waals surface area contributed by atoms with Gasteiger partial charge in [0.05, 0.1) is 4.91 Å². The number of hydrogen-bond donors (Lipinski definition) is 1. The van der Waals surface area contributed by atoms with Crippen molar-refractivity contribution in [3.05, 3.63) is 70.1 Å². The number of benzene rings is 2. The lowest BCUT2D eigenvalue weighted by Crippen LogP contribution is -2.41. The van der Waals surface area contributed by atoms with Gasteiger partial charge in [-0.15, -0.1) is 0 Å². The molecule has 0 bridgehead atoms. The van der Waals surface area contributed by atoms with Crippen LogP contribution in [0.1, 0.15) is 50.3 Å². The Hall–Kier alpha value is -3.06. The summed E-state index contributed by atoms with van der Waals surface area (Å²) in [5.74, 6) is 1.53. The van der Waals surface area contributed by atoms with Crippen LogP contribution in [0.25, 0.3) is 6.08 Å². The quantitative estimate of drug-likeness (QED) is 0.392. The number of carbonyl (C=O) groups excluding carboxylic acids is 2. The van der Waals surface area contributed by atoms with Gasteiger partial charge in [0.1, 0.15) is 11.6 Å². The largest absolute Gasteiger partial charge is 0.427 e. The number of amides is 1. The van der Waals surface area contributed by atoms with E-state index in [-0.39, 0.29) is 23.3 Å². The smallest absolute Gasteiger partial charge is 0.308 e. The zero-order valence-corrected chi connectivity index (χ0v) is 19.5. The highest BCUT2D eigenvalue weighted by Crippen LogP contribution is 2.39. The number of ether oxygens (including phenoxy) is 1. The van der Waals surface area contributed by atoms with Crippen molar-refractivity contribution in [2.24, 2.45) is 10.9 Å². The van der Waals surface area contributed by atoms with Crippen LogP contribution in [0.3, 0.4) is 0 Å². The maximum atomic E-state index is 12.9. The first-order valence-corrected chi connectivity index (χ1v) is 11.6. The zero-order valence-electron chi connectivity index (χ0n) is 18.7. The number of aliphatic imine (C=N–C) groups is 1. The summed E-state index contributed by atoms with van der Waals surface area (Å²) in [5, 5.41) is 1.59. The number of rotatable bonds is 6. The highest BCUT2D eigenvalue weighted by molar-refractivity contribution is 8.05. The molecular formula is C25H27N3O3S. The molecule has 2 aromatic rings. The molecule has 0 spiro atoms. The maximum absolute atomic E-state index is 12.9. The standard InChI is InChI=1S/C25H27N3O3S/c1-15(2)13-18-5-9-20(10-6-18)16(3)23-26-25-28(27-23)24(30)22(32-25)14-19-7-11-21(12-8-19)31-17(4)29/h5-12,14-16,25H,13H2,1-4H3,(H,26,27)/b22-14+. The number of nitrogens with zero attached hydrogens (tertiary/aromatic N) is 2. The normalized spacial score (nSPS) is 19.7. The van der Waals surface area contributed by atoms with Crippen molar-refractivity contribution in [1.82, 2.24) is 10.4 Å². The Labute approximate surface area is 192 Å². The lowest BCUT2D eigenvalue weighted by atomic mass is 9.96. The van der Waals surface area contributed by atoms with Crippen LogP contribution < -0.4 is 10.2 Å². The van der Waals surface area contributed by atoms with Gasteiger partial charge in [0, 0.05) is 12.8 Å². The highest BCUT2D eigenvalue weighted by atomic mass is 32.2. The van der Waals surface area contributed by atoms with Crippen LogP contribution in [0.4, 0.5) is 0 Å². The molecule has 166 valence electrons. The lowest BCUT2D eigenvalue weighted by Gasteiger charge is -2.17. The summed E-state index contributed by atoms with van der Waals surface area (Å²) >= 11 is 1.43. The van der Waals surface area contributed by atoms with E-state index in [9.17, 15) is 9.59 Å². The second kappa shape index (κ2) is 9.20. The van der Waals surface area contributed by atoms with Gasteiger partial charge in [-0.2, -0.15) is 0 Å². The third-order valence-electron chi connectivity index (χ3n) is 5.34. The molecule has 6 nitrogen and oxygen atoms in total. The van der Waals surface area contributed by atoms with E-state index in [1.807, 2.05) is 18.2 Å². The molecular weight excluding hydrogens is 422 g/mol. The number of hydrazine groups is 1. The van der Waals surface area contributed by atoms with Crippen LogP contribution in [0, 0.1) is 5.92 Å². The van der Waals surface area contributed by atoms with Gasteiger partial charge in [0.15, 0.2) is 5.50 Å². The summed E-state index contributed by atoms with van der Waals surface area (Å²) < 4.78 is 5.05. The molecule has 2 aromatic carbocycles. The Morgan fingerprint density at radius 3 is 2.44 bits per heavy atom. The predicted molar refractivity (Wildman–Crippen MR) is 128 cm³/mol. The molecule has 2 atom stereocenters. The molecule has 0 radical (unpaired) electrons. The molecule has 4 rings (SSSR count). The second-order valence-electron chi connectivity index (χ2n) is 8.48. The Kier molecular flexibility index (Phi) is 6.37. The lowest BCUT2D eigenvalue weighted by molar-refractivity contribution is -0.132. The van der Waals surface area contributed by atoms with Crippen molar-refractivity contribution in [3.8, 4) is 5.75 Å². The Bertz CT molecular complexity index is 1070. The third-order valence-corrected chi connectivity index (χ3v) is 6.41. The van der Waals surface area contributed by atoms with E-state index >= 15 is 0 Å². The van der Waals surface area contributed by atoms with Gasteiger partial charge in [0.2, 0.25) is 0 Å². The minimum absolute atomic E-state index is 0.0725. The molecule has 2 aliphatic rings. The van der Waals surface area contributed by atoms with Crippen LogP contribution in [-0.4, -0.2) is 28.2 Å². The molecule has 32 heavy (non-hydrogen) atoms. The average molecular weight is 450 g/mol. The fourth-order valence-electron chi connectivity index (χ4n) is 3.72. The Morgan fingerprint density at radius 1 is 1.16 bits per heavy atom. The molecule has 2 unspecified atom stereocenters. The van der Waals surface area contributed by atoms with Crippen LogP contribution in [-0.2, 0) is 16.0 Å². The zero-order chi connectivity index (χ0) is 22.8. The number of nitrogens with one attached hydrogen (secondary N) is 1. The van der Waals surface area contributed by atoms with Crippen molar-refractivity contribution in [2.75, 3.05) is 0 Å². The molecule has 1 N–H and O–H groups in total. The minimum Gasteiger partial charge on any atom is -0.427 e. The van der Waals surface area contributed by atoms with E-state index in [0.717, 1.165) is 17.8 Å². The first-order chi connectivity index (χ1) is 15.3. The van der Waals surface area contributed by atoms with Crippen molar-refractivity contribution in [2.45, 2.75) is 45.5 Å². The Balaban J connectivity index is 1.43. The highest BCUT2D eigenvalue weighted by Gasteiger charge is 2.41. The fourth-order valence-corrected chi connectivity index (χ4v) is 4.77. The number of amidine groups is 1. The third kappa shape index (κ3) is 4.88. The number of fused-ring (bicyclic) bond motifs is 1. The van der Waals surface area contributed by atoms with Gasteiger partial charge in [0.25, 0.3) is 5.91 Å². The molecule has 2 aliphatic heterocycles. The van der Waals surface area contributed by atoms with E-state index < -0.39 is 0 Å². The first kappa shape index (κ1) is 22.1. The monoisotopic (exact) mass is 449 g/mol. The van der Waals surface area contributed by atoms with Gasteiger partial charge in [-0.25, -0.2) is 10.0 Å². The molecule has 0 saturated carbocycles. The Morgan fingerprint density at radius 2 is 1.84 bits per heavy atom. The van der Waals surface area contributed by atoms with E-state index in [4.69, 9.17) is 9.73 Å². The van der Waals surface area contributed by atoms with Crippen molar-refractivity contribution in [3.63, 3.8) is 0 Å². The summed E-state index contributed by atoms with van der Waals surface area (Å²) in [4.78, 5) is 29.3. The van der Waals surface area contributed by atoms with Crippen LogP contribution in [0.15, 0.2) is 58.4 Å². The molecule has 0 aromatic heterocycles. The van der Waals surface area contributed by atoms with Gasteiger partial charge in [-0.1, -0.05) is 68.9 Å². The van der Waals surface area contributed by atoms with Crippen LogP contribution >= 0.6 is 11.8 Å². The first-order valence-electron chi connectivity index (χ1n) is 10.7. The van der Waals surface area contributed by atoms with Gasteiger partial charge in [-0.05, 0) is 47.2 Å². The molecule has 2 heterocycles. The molecule has 7 heteroatoms.